The van der Waals surface area contributed by atoms with Crippen LogP contribution in [0.1, 0.15) is 5.56 Å². The molecule has 1 aromatic rings. The number of rotatable bonds is 1. The summed E-state index contributed by atoms with van der Waals surface area (Å²) in [5, 5.41) is 28.2. The molecular formula is C9H5N2O. The number of nitrogens with zero attached hydrogens (tertiary/aromatic N) is 2. The van der Waals surface area contributed by atoms with Crippen LogP contribution in [0, 0.1) is 22.7 Å². The molecule has 0 amide bonds. The van der Waals surface area contributed by atoms with Crippen LogP contribution in [0.2, 0.25) is 0 Å². The molecule has 0 saturated carbocycles. The molecule has 0 spiro atoms. The molecule has 0 saturated heterocycles. The standard InChI is InChI=1S/C9H5N2O/c10-6-9(12,7-11)8-4-2-1-3-5-8/h1-5H. The van der Waals surface area contributed by atoms with Crippen LogP contribution in [0.4, 0.5) is 0 Å². The van der Waals surface area contributed by atoms with Gasteiger partial charge in [-0.15, -0.1) is 0 Å². The average molecular weight is 157 g/mol. The monoisotopic (exact) mass is 157 g/mol. The summed E-state index contributed by atoms with van der Waals surface area (Å²) in [7, 11) is 0. The Morgan fingerprint density at radius 3 is 2.00 bits per heavy atom. The molecule has 3 heteroatoms. The van der Waals surface area contributed by atoms with Crippen molar-refractivity contribution in [2.24, 2.45) is 0 Å². The molecule has 0 aliphatic heterocycles. The largest absolute Gasteiger partial charge is 0.298 e. The van der Waals surface area contributed by atoms with E-state index in [4.69, 9.17) is 10.5 Å². The van der Waals surface area contributed by atoms with Gasteiger partial charge in [-0.25, -0.2) is 0 Å². The van der Waals surface area contributed by atoms with Gasteiger partial charge in [-0.3, -0.25) is 0 Å². The summed E-state index contributed by atoms with van der Waals surface area (Å²) in [6, 6.07) is 10.8. The smallest absolute Gasteiger partial charge is 0.193 e. The average Bonchev–Trinajstić information content (AvgIpc) is 2.18. The molecule has 0 fully saturated rings. The molecule has 0 bridgehead atoms. The van der Waals surface area contributed by atoms with E-state index in [-0.39, 0.29) is 5.56 Å². The van der Waals surface area contributed by atoms with E-state index < -0.39 is 5.60 Å². The van der Waals surface area contributed by atoms with E-state index in [1.54, 1.807) is 18.2 Å². The number of hydrogen-bond acceptors (Lipinski definition) is 2. The zero-order chi connectivity index (χ0) is 9.03. The normalized spacial score (nSPS) is 9.92. The maximum absolute atomic E-state index is 11.3. The summed E-state index contributed by atoms with van der Waals surface area (Å²) >= 11 is 0. The van der Waals surface area contributed by atoms with E-state index in [1.165, 1.54) is 24.3 Å². The minimum atomic E-state index is -2.26. The molecule has 0 unspecified atom stereocenters. The fourth-order valence-corrected chi connectivity index (χ4v) is 0.827. The van der Waals surface area contributed by atoms with Crippen LogP contribution in [-0.4, -0.2) is 0 Å². The van der Waals surface area contributed by atoms with Gasteiger partial charge in [0.2, 0.25) is 0 Å². The van der Waals surface area contributed by atoms with E-state index >= 15 is 0 Å². The van der Waals surface area contributed by atoms with Gasteiger partial charge in [0.05, 0.1) is 0 Å². The Kier molecular flexibility index (Phi) is 2.09. The summed E-state index contributed by atoms with van der Waals surface area (Å²) in [6.07, 6.45) is 0. The maximum Gasteiger partial charge on any atom is 0.298 e. The van der Waals surface area contributed by atoms with Crippen LogP contribution in [0.15, 0.2) is 30.3 Å². The van der Waals surface area contributed by atoms with Gasteiger partial charge in [-0.1, -0.05) is 30.3 Å². The van der Waals surface area contributed by atoms with Crippen LogP contribution < -0.4 is 0 Å². The lowest BCUT2D eigenvalue weighted by atomic mass is 9.98. The van der Waals surface area contributed by atoms with Crippen molar-refractivity contribution < 1.29 is 5.11 Å². The number of nitriles is 2. The van der Waals surface area contributed by atoms with Crippen LogP contribution in [-0.2, 0) is 10.7 Å². The van der Waals surface area contributed by atoms with Gasteiger partial charge in [-0.2, -0.15) is 15.6 Å². The quantitative estimate of drug-likeness (QED) is 0.617. The molecule has 12 heavy (non-hydrogen) atoms. The molecule has 57 valence electrons. The topological polar surface area (TPSA) is 67.5 Å². The first-order valence-electron chi connectivity index (χ1n) is 3.31. The predicted octanol–water partition coefficient (Wildman–Crippen LogP) is 1.36. The molecule has 0 aliphatic rings. The Balaban J connectivity index is 3.17. The Morgan fingerprint density at radius 1 is 1.08 bits per heavy atom. The highest BCUT2D eigenvalue weighted by Gasteiger charge is 2.30. The Hall–Kier alpha value is -1.84. The van der Waals surface area contributed by atoms with Crippen molar-refractivity contribution in [1.29, 1.82) is 10.5 Å². The lowest BCUT2D eigenvalue weighted by molar-refractivity contribution is 0.0701. The van der Waals surface area contributed by atoms with Gasteiger partial charge >= 0.3 is 0 Å². The second kappa shape index (κ2) is 3.04. The first kappa shape index (κ1) is 8.26. The SMILES string of the molecule is N#CC([O])(C#N)c1ccccc1. The third-order valence-corrected chi connectivity index (χ3v) is 1.50. The zero-order valence-electron chi connectivity index (χ0n) is 6.19. The minimum Gasteiger partial charge on any atom is -0.193 e. The van der Waals surface area contributed by atoms with Crippen LogP contribution in [0.3, 0.4) is 0 Å². The maximum atomic E-state index is 11.3. The van der Waals surface area contributed by atoms with Crippen molar-refractivity contribution in [1.82, 2.24) is 0 Å². The van der Waals surface area contributed by atoms with Crippen LogP contribution in [0.5, 0.6) is 0 Å². The van der Waals surface area contributed by atoms with E-state index in [9.17, 15) is 5.11 Å². The Bertz CT molecular complexity index is 331. The zero-order valence-corrected chi connectivity index (χ0v) is 6.19. The van der Waals surface area contributed by atoms with Crippen LogP contribution in [0.25, 0.3) is 0 Å². The van der Waals surface area contributed by atoms with Crippen molar-refractivity contribution >= 4 is 0 Å². The summed E-state index contributed by atoms with van der Waals surface area (Å²) in [4.78, 5) is 0. The van der Waals surface area contributed by atoms with E-state index in [2.05, 4.69) is 0 Å². The van der Waals surface area contributed by atoms with Gasteiger partial charge < -0.3 is 0 Å². The van der Waals surface area contributed by atoms with Gasteiger partial charge in [0.1, 0.15) is 12.1 Å². The van der Waals surface area contributed by atoms with E-state index in [0.717, 1.165) is 0 Å². The minimum absolute atomic E-state index is 0.190. The summed E-state index contributed by atoms with van der Waals surface area (Å²) in [5.41, 5.74) is -2.07. The van der Waals surface area contributed by atoms with E-state index in [1.807, 2.05) is 0 Å². The number of hydrogen-bond donors (Lipinski definition) is 0. The number of benzene rings is 1. The second-order valence-electron chi connectivity index (χ2n) is 2.27. The fourth-order valence-electron chi connectivity index (χ4n) is 0.827. The lowest BCUT2D eigenvalue weighted by Gasteiger charge is -2.06. The molecule has 0 aromatic heterocycles. The molecule has 3 nitrogen and oxygen atoms in total. The summed E-state index contributed by atoms with van der Waals surface area (Å²) in [6.45, 7) is 0. The Labute approximate surface area is 70.1 Å². The van der Waals surface area contributed by atoms with Crippen molar-refractivity contribution in [2.45, 2.75) is 5.60 Å². The van der Waals surface area contributed by atoms with Gasteiger partial charge in [0.15, 0.2) is 0 Å². The summed E-state index contributed by atoms with van der Waals surface area (Å²) in [5.74, 6) is 0. The molecule has 1 rings (SSSR count). The van der Waals surface area contributed by atoms with E-state index in [0.29, 0.717) is 0 Å². The van der Waals surface area contributed by atoms with Crippen molar-refractivity contribution in [3.8, 4) is 12.1 Å². The molecular weight excluding hydrogens is 152 g/mol. The Morgan fingerprint density at radius 2 is 1.58 bits per heavy atom. The highest BCUT2D eigenvalue weighted by atomic mass is 16.3. The van der Waals surface area contributed by atoms with Crippen molar-refractivity contribution in [2.75, 3.05) is 0 Å². The van der Waals surface area contributed by atoms with Gasteiger partial charge in [0, 0.05) is 5.56 Å². The first-order valence-corrected chi connectivity index (χ1v) is 3.31. The molecule has 0 N–H and O–H groups in total. The van der Waals surface area contributed by atoms with Crippen LogP contribution >= 0.6 is 0 Å². The highest BCUT2D eigenvalue weighted by molar-refractivity contribution is 5.34. The van der Waals surface area contributed by atoms with Gasteiger partial charge in [0.25, 0.3) is 5.60 Å². The first-order chi connectivity index (χ1) is 5.73. The molecule has 0 aliphatic carbocycles. The third-order valence-electron chi connectivity index (χ3n) is 1.50. The lowest BCUT2D eigenvalue weighted by Crippen LogP contribution is -2.18. The third kappa shape index (κ3) is 1.27. The van der Waals surface area contributed by atoms with Crippen molar-refractivity contribution in [3.63, 3.8) is 0 Å². The van der Waals surface area contributed by atoms with Crippen molar-refractivity contribution in [3.05, 3.63) is 35.9 Å². The second-order valence-corrected chi connectivity index (χ2v) is 2.27. The van der Waals surface area contributed by atoms with Gasteiger partial charge in [-0.05, 0) is 0 Å². The molecule has 1 aromatic carbocycles. The summed E-state index contributed by atoms with van der Waals surface area (Å²) < 4.78 is 0. The fraction of sp³-hybridized carbons (Fsp3) is 0.111. The highest BCUT2D eigenvalue weighted by Crippen LogP contribution is 2.18. The predicted molar refractivity (Wildman–Crippen MR) is 40.0 cm³/mol. The molecule has 1 radical (unpaired) electrons. The molecule has 0 heterocycles. The molecule has 0 atom stereocenters.